The molecule has 0 spiro atoms. The van der Waals surface area contributed by atoms with Gasteiger partial charge in [-0.2, -0.15) is 0 Å². The molecule has 3 rings (SSSR count). The minimum absolute atomic E-state index is 0.0626. The maximum atomic E-state index is 12.0. The number of fused-ring (bicyclic) bond motifs is 3. The Morgan fingerprint density at radius 2 is 1.92 bits per heavy atom. The van der Waals surface area contributed by atoms with Crippen molar-refractivity contribution >= 4 is 22.6 Å². The molecule has 0 radical (unpaired) electrons. The molecule has 0 unspecified atom stereocenters. The molecule has 3 aromatic rings. The molecule has 25 heavy (non-hydrogen) atoms. The van der Waals surface area contributed by atoms with Crippen LogP contribution in [0, 0.1) is 27.7 Å². The molecule has 0 saturated carbocycles. The molecule has 6 heteroatoms. The van der Waals surface area contributed by atoms with Crippen molar-refractivity contribution in [3.05, 3.63) is 34.3 Å². The predicted molar refractivity (Wildman–Crippen MR) is 98.8 cm³/mol. The lowest BCUT2D eigenvalue weighted by Crippen LogP contribution is -2.30. The Hall–Kier alpha value is -2.50. The van der Waals surface area contributed by atoms with E-state index in [0.29, 0.717) is 12.8 Å². The molecule has 3 aromatic heterocycles. The minimum atomic E-state index is 0.0626. The maximum absolute atomic E-state index is 12.0. The van der Waals surface area contributed by atoms with Crippen LogP contribution in [0.15, 0.2) is 6.07 Å². The van der Waals surface area contributed by atoms with Gasteiger partial charge in [0.15, 0.2) is 11.3 Å². The minimum Gasteiger partial charge on any atom is -0.354 e. The first-order chi connectivity index (χ1) is 11.8. The topological polar surface area (TPSA) is 72.2 Å². The van der Waals surface area contributed by atoms with Gasteiger partial charge in [0.05, 0.1) is 5.39 Å². The van der Waals surface area contributed by atoms with Gasteiger partial charge < -0.3 is 5.32 Å². The molecular weight excluding hydrogens is 314 g/mol. The SMILES string of the molecule is Cc1cc(C)c2c(n1)nn1c(C)c(CCC(=O)NC(C)C)c(C)nc21. The highest BCUT2D eigenvalue weighted by molar-refractivity contribution is 5.93. The van der Waals surface area contributed by atoms with Crippen LogP contribution in [0.5, 0.6) is 0 Å². The molecule has 0 fully saturated rings. The molecule has 1 N–H and O–H groups in total. The average molecular weight is 339 g/mol. The third kappa shape index (κ3) is 3.21. The first-order valence-electron chi connectivity index (χ1n) is 8.70. The molecule has 1 amide bonds. The second kappa shape index (κ2) is 6.43. The molecule has 0 saturated heterocycles. The average Bonchev–Trinajstić information content (AvgIpc) is 2.84. The van der Waals surface area contributed by atoms with E-state index in [1.54, 1.807) is 0 Å². The van der Waals surface area contributed by atoms with Crippen molar-refractivity contribution in [2.45, 2.75) is 60.4 Å². The highest BCUT2D eigenvalue weighted by Crippen LogP contribution is 2.25. The number of carbonyl (C=O) groups is 1. The van der Waals surface area contributed by atoms with Gasteiger partial charge in [0, 0.05) is 29.5 Å². The summed E-state index contributed by atoms with van der Waals surface area (Å²) in [6, 6.07) is 2.21. The summed E-state index contributed by atoms with van der Waals surface area (Å²) in [4.78, 5) is 21.3. The zero-order valence-electron chi connectivity index (χ0n) is 15.8. The Bertz CT molecular complexity index is 971. The fraction of sp³-hybridized carbons (Fsp3) is 0.474. The summed E-state index contributed by atoms with van der Waals surface area (Å²) in [7, 11) is 0. The van der Waals surface area contributed by atoms with Crippen LogP contribution >= 0.6 is 0 Å². The summed E-state index contributed by atoms with van der Waals surface area (Å²) in [6.45, 7) is 12.0. The second-order valence-electron chi connectivity index (χ2n) is 7.00. The molecule has 0 aliphatic heterocycles. The van der Waals surface area contributed by atoms with Crippen molar-refractivity contribution < 1.29 is 4.79 Å². The van der Waals surface area contributed by atoms with Crippen molar-refractivity contribution in [2.75, 3.05) is 0 Å². The van der Waals surface area contributed by atoms with Crippen molar-refractivity contribution in [3.8, 4) is 0 Å². The van der Waals surface area contributed by atoms with E-state index < -0.39 is 0 Å². The Morgan fingerprint density at radius 1 is 1.20 bits per heavy atom. The largest absolute Gasteiger partial charge is 0.354 e. The summed E-state index contributed by atoms with van der Waals surface area (Å²) < 4.78 is 1.87. The summed E-state index contributed by atoms with van der Waals surface area (Å²) in [5, 5.41) is 8.59. The zero-order chi connectivity index (χ0) is 18.3. The Kier molecular flexibility index (Phi) is 4.45. The third-order valence-electron chi connectivity index (χ3n) is 4.46. The first kappa shape index (κ1) is 17.3. The summed E-state index contributed by atoms with van der Waals surface area (Å²) in [5.41, 5.74) is 6.70. The number of hydrogen-bond acceptors (Lipinski definition) is 4. The lowest BCUT2D eigenvalue weighted by atomic mass is 10.1. The van der Waals surface area contributed by atoms with Crippen LogP contribution in [0.3, 0.4) is 0 Å². The normalized spacial score (nSPS) is 11.6. The quantitative estimate of drug-likeness (QED) is 0.793. The van der Waals surface area contributed by atoms with Crippen LogP contribution in [-0.2, 0) is 11.2 Å². The van der Waals surface area contributed by atoms with Gasteiger partial charge in [0.25, 0.3) is 0 Å². The Balaban J connectivity index is 2.05. The first-order valence-corrected chi connectivity index (χ1v) is 8.70. The fourth-order valence-corrected chi connectivity index (χ4v) is 3.36. The number of carbonyl (C=O) groups excluding carboxylic acids is 1. The van der Waals surface area contributed by atoms with E-state index in [-0.39, 0.29) is 11.9 Å². The molecular formula is C19H25N5O. The highest BCUT2D eigenvalue weighted by atomic mass is 16.1. The molecule has 0 atom stereocenters. The maximum Gasteiger partial charge on any atom is 0.220 e. The standard InChI is InChI=1S/C19H25N5O/c1-10(2)20-16(25)8-7-15-13(5)22-19-17-11(3)9-12(4)21-18(17)23-24(19)14(15)6/h9-10H,7-8H2,1-6H3,(H,20,25). The number of amides is 1. The summed E-state index contributed by atoms with van der Waals surface area (Å²) >= 11 is 0. The molecule has 132 valence electrons. The predicted octanol–water partition coefficient (Wildman–Crippen LogP) is 2.97. The van der Waals surface area contributed by atoms with E-state index in [2.05, 4.69) is 28.4 Å². The lowest BCUT2D eigenvalue weighted by Gasteiger charge is -2.12. The lowest BCUT2D eigenvalue weighted by molar-refractivity contribution is -0.121. The van der Waals surface area contributed by atoms with Crippen LogP contribution in [-0.4, -0.2) is 31.5 Å². The van der Waals surface area contributed by atoms with E-state index >= 15 is 0 Å². The molecule has 0 aromatic carbocycles. The van der Waals surface area contributed by atoms with Gasteiger partial charge in [0.1, 0.15) is 0 Å². The summed E-state index contributed by atoms with van der Waals surface area (Å²) in [5.74, 6) is 0.0626. The van der Waals surface area contributed by atoms with Crippen molar-refractivity contribution in [1.82, 2.24) is 24.9 Å². The van der Waals surface area contributed by atoms with Gasteiger partial charge in [-0.25, -0.2) is 14.5 Å². The molecule has 3 heterocycles. The van der Waals surface area contributed by atoms with Crippen LogP contribution in [0.2, 0.25) is 0 Å². The Labute approximate surface area is 147 Å². The van der Waals surface area contributed by atoms with E-state index in [4.69, 9.17) is 4.98 Å². The number of nitrogens with zero attached hydrogens (tertiary/aromatic N) is 4. The van der Waals surface area contributed by atoms with E-state index in [0.717, 1.165) is 44.9 Å². The molecule has 0 aliphatic rings. The molecule has 0 aliphatic carbocycles. The number of hydrogen-bond donors (Lipinski definition) is 1. The van der Waals surface area contributed by atoms with E-state index in [1.807, 2.05) is 39.1 Å². The van der Waals surface area contributed by atoms with E-state index in [9.17, 15) is 4.79 Å². The van der Waals surface area contributed by atoms with Gasteiger partial charge in [0.2, 0.25) is 5.91 Å². The number of nitrogens with one attached hydrogen (secondary N) is 1. The smallest absolute Gasteiger partial charge is 0.220 e. The van der Waals surface area contributed by atoms with Crippen LogP contribution in [0.1, 0.15) is 48.5 Å². The third-order valence-corrected chi connectivity index (χ3v) is 4.46. The number of rotatable bonds is 4. The van der Waals surface area contributed by atoms with Gasteiger partial charge in [-0.3, -0.25) is 4.79 Å². The highest BCUT2D eigenvalue weighted by Gasteiger charge is 2.17. The molecule has 0 bridgehead atoms. The number of pyridine rings is 1. The van der Waals surface area contributed by atoms with Crippen molar-refractivity contribution in [1.29, 1.82) is 0 Å². The fourth-order valence-electron chi connectivity index (χ4n) is 3.36. The summed E-state index contributed by atoms with van der Waals surface area (Å²) in [6.07, 6.45) is 1.10. The van der Waals surface area contributed by atoms with Gasteiger partial charge in [-0.1, -0.05) is 0 Å². The zero-order valence-corrected chi connectivity index (χ0v) is 15.8. The monoisotopic (exact) mass is 339 g/mol. The molecule has 6 nitrogen and oxygen atoms in total. The number of aryl methyl sites for hydroxylation is 4. The van der Waals surface area contributed by atoms with Gasteiger partial charge in [-0.15, -0.1) is 5.10 Å². The van der Waals surface area contributed by atoms with Gasteiger partial charge in [-0.05, 0) is 65.2 Å². The second-order valence-corrected chi connectivity index (χ2v) is 7.00. The van der Waals surface area contributed by atoms with Crippen molar-refractivity contribution in [3.63, 3.8) is 0 Å². The number of aromatic nitrogens is 4. The van der Waals surface area contributed by atoms with E-state index in [1.165, 1.54) is 0 Å². The van der Waals surface area contributed by atoms with Crippen LogP contribution in [0.25, 0.3) is 16.7 Å². The van der Waals surface area contributed by atoms with Crippen molar-refractivity contribution in [2.24, 2.45) is 0 Å². The van der Waals surface area contributed by atoms with Gasteiger partial charge >= 0.3 is 0 Å². The van der Waals surface area contributed by atoms with Crippen LogP contribution < -0.4 is 5.32 Å². The van der Waals surface area contributed by atoms with Crippen LogP contribution in [0.4, 0.5) is 0 Å². The Morgan fingerprint density at radius 3 is 2.60 bits per heavy atom.